The molecule has 1 unspecified atom stereocenters. The Kier molecular flexibility index (Phi) is 4.78. The topological polar surface area (TPSA) is 81.3 Å². The molecule has 1 aliphatic carbocycles. The highest BCUT2D eigenvalue weighted by Gasteiger charge is 2.22. The smallest absolute Gasteiger partial charge is 0.256 e. The van der Waals surface area contributed by atoms with E-state index in [1.807, 2.05) is 29.1 Å². The monoisotopic (exact) mass is 318 g/mol. The molecule has 2 aromatic rings. The van der Waals surface area contributed by atoms with E-state index in [4.69, 9.17) is 4.74 Å². The third kappa shape index (κ3) is 4.00. The van der Waals surface area contributed by atoms with E-state index in [1.165, 1.54) is 19.0 Å². The number of aryl methyl sites for hydroxylation is 1. The third-order valence-corrected chi connectivity index (χ3v) is 3.86. The molecule has 2 N–H and O–H groups in total. The summed E-state index contributed by atoms with van der Waals surface area (Å²) in [4.78, 5) is 12.3. The van der Waals surface area contributed by atoms with Gasteiger partial charge in [0.05, 0.1) is 18.9 Å². The lowest BCUT2D eigenvalue weighted by Crippen LogP contribution is -2.35. The summed E-state index contributed by atoms with van der Waals surface area (Å²) in [5, 5.41) is 16.7. The van der Waals surface area contributed by atoms with Gasteiger partial charge in [-0.25, -0.2) is 0 Å². The molecular weight excluding hydrogens is 296 g/mol. The van der Waals surface area contributed by atoms with Crippen LogP contribution in [0.4, 0.5) is 0 Å². The fourth-order valence-corrected chi connectivity index (χ4v) is 2.39. The van der Waals surface area contributed by atoms with Gasteiger partial charge in [0.25, 0.3) is 5.91 Å². The van der Waals surface area contributed by atoms with Crippen molar-refractivity contribution < 1.29 is 14.6 Å². The lowest BCUT2D eigenvalue weighted by Gasteiger charge is -2.13. The summed E-state index contributed by atoms with van der Waals surface area (Å²) in [6, 6.07) is 3.77. The van der Waals surface area contributed by atoms with Gasteiger partial charge < -0.3 is 19.7 Å². The summed E-state index contributed by atoms with van der Waals surface area (Å²) in [6.45, 7) is 1.10. The van der Waals surface area contributed by atoms with Crippen LogP contribution in [0, 0.1) is 5.92 Å². The van der Waals surface area contributed by atoms with E-state index in [9.17, 15) is 9.90 Å². The molecule has 2 aromatic heterocycles. The second-order valence-corrected chi connectivity index (χ2v) is 5.94. The minimum Gasteiger partial charge on any atom is -0.389 e. The van der Waals surface area contributed by atoms with E-state index in [-0.39, 0.29) is 19.1 Å². The summed E-state index contributed by atoms with van der Waals surface area (Å²) in [7, 11) is 1.78. The van der Waals surface area contributed by atoms with E-state index in [0.29, 0.717) is 23.9 Å². The fourth-order valence-electron chi connectivity index (χ4n) is 2.39. The fraction of sp³-hybridized carbons (Fsp3) is 0.500. The van der Waals surface area contributed by atoms with Gasteiger partial charge in [0.15, 0.2) is 0 Å². The first-order chi connectivity index (χ1) is 11.1. The normalized spacial score (nSPS) is 15.6. The van der Waals surface area contributed by atoms with Crippen molar-refractivity contribution in [3.8, 4) is 5.82 Å². The Morgan fingerprint density at radius 3 is 2.91 bits per heavy atom. The van der Waals surface area contributed by atoms with Crippen LogP contribution in [0.5, 0.6) is 0 Å². The van der Waals surface area contributed by atoms with Crippen LogP contribution < -0.4 is 5.32 Å². The number of rotatable bonds is 8. The predicted molar refractivity (Wildman–Crippen MR) is 84.4 cm³/mol. The Balaban J connectivity index is 1.54. The zero-order valence-electron chi connectivity index (χ0n) is 13.2. The van der Waals surface area contributed by atoms with E-state index in [1.54, 1.807) is 11.7 Å². The molecule has 0 aliphatic heterocycles. The minimum absolute atomic E-state index is 0.156. The molecule has 0 spiro atoms. The maximum atomic E-state index is 12.3. The average Bonchev–Trinajstić information content (AvgIpc) is 3.05. The molecule has 1 fully saturated rings. The third-order valence-electron chi connectivity index (χ3n) is 3.86. The summed E-state index contributed by atoms with van der Waals surface area (Å²) in [5.41, 5.74) is 0.467. The highest BCUT2D eigenvalue weighted by molar-refractivity contribution is 5.97. The molecule has 0 bridgehead atoms. The number of aliphatic hydroxyl groups is 1. The van der Waals surface area contributed by atoms with E-state index in [0.717, 1.165) is 0 Å². The van der Waals surface area contributed by atoms with Crippen LogP contribution in [-0.4, -0.2) is 51.2 Å². The molecule has 7 nitrogen and oxygen atoms in total. The lowest BCUT2D eigenvalue weighted by atomic mass is 10.3. The van der Waals surface area contributed by atoms with Gasteiger partial charge >= 0.3 is 0 Å². The SMILES string of the molecule is Cn1ncc(C(=O)NCC(O)COCC2CC2)c1-n1cccc1. The summed E-state index contributed by atoms with van der Waals surface area (Å²) in [5.74, 6) is 1.09. The van der Waals surface area contributed by atoms with Crippen molar-refractivity contribution in [3.63, 3.8) is 0 Å². The molecule has 1 aliphatic rings. The highest BCUT2D eigenvalue weighted by Crippen LogP contribution is 2.28. The van der Waals surface area contributed by atoms with Crippen LogP contribution in [-0.2, 0) is 11.8 Å². The first-order valence-corrected chi connectivity index (χ1v) is 7.84. The number of nitrogens with one attached hydrogen (secondary N) is 1. The number of aromatic nitrogens is 3. The Bertz CT molecular complexity index is 646. The van der Waals surface area contributed by atoms with Gasteiger partial charge in [-0.3, -0.25) is 9.48 Å². The van der Waals surface area contributed by atoms with Crippen molar-refractivity contribution in [2.24, 2.45) is 13.0 Å². The molecular formula is C16H22N4O3. The summed E-state index contributed by atoms with van der Waals surface area (Å²) < 4.78 is 8.90. The Hall–Kier alpha value is -2.12. The number of carbonyl (C=O) groups excluding carboxylic acids is 1. The van der Waals surface area contributed by atoms with Gasteiger partial charge in [-0.1, -0.05) is 0 Å². The van der Waals surface area contributed by atoms with Crippen LogP contribution in [0.25, 0.3) is 5.82 Å². The van der Waals surface area contributed by atoms with Crippen molar-refractivity contribution in [2.45, 2.75) is 18.9 Å². The Labute approximate surface area is 134 Å². The van der Waals surface area contributed by atoms with Crippen LogP contribution in [0.2, 0.25) is 0 Å². The molecule has 3 rings (SSSR count). The first-order valence-electron chi connectivity index (χ1n) is 7.84. The summed E-state index contributed by atoms with van der Waals surface area (Å²) in [6.07, 6.45) is 6.97. The number of amides is 1. The van der Waals surface area contributed by atoms with Crippen molar-refractivity contribution in [3.05, 3.63) is 36.3 Å². The van der Waals surface area contributed by atoms with Crippen molar-refractivity contribution >= 4 is 5.91 Å². The van der Waals surface area contributed by atoms with Crippen molar-refractivity contribution in [1.29, 1.82) is 0 Å². The number of carbonyl (C=O) groups is 1. The number of nitrogens with zero attached hydrogens (tertiary/aromatic N) is 3. The quantitative estimate of drug-likeness (QED) is 0.752. The maximum absolute atomic E-state index is 12.3. The highest BCUT2D eigenvalue weighted by atomic mass is 16.5. The molecule has 2 heterocycles. The van der Waals surface area contributed by atoms with Gasteiger partial charge in [-0.05, 0) is 30.9 Å². The molecule has 0 radical (unpaired) electrons. The zero-order valence-corrected chi connectivity index (χ0v) is 13.2. The molecule has 0 aromatic carbocycles. The molecule has 1 atom stereocenters. The maximum Gasteiger partial charge on any atom is 0.256 e. The zero-order chi connectivity index (χ0) is 16.2. The Morgan fingerprint density at radius 2 is 2.22 bits per heavy atom. The van der Waals surface area contributed by atoms with Crippen LogP contribution in [0.3, 0.4) is 0 Å². The van der Waals surface area contributed by atoms with Gasteiger partial charge in [0.1, 0.15) is 11.4 Å². The standard InChI is InChI=1S/C16H22N4O3/c1-19-16(20-6-2-3-7-20)14(9-18-19)15(22)17-8-13(21)11-23-10-12-4-5-12/h2-3,6-7,9,12-13,21H,4-5,8,10-11H2,1H3,(H,17,22). The molecule has 124 valence electrons. The van der Waals surface area contributed by atoms with Gasteiger partial charge in [0, 0.05) is 32.6 Å². The van der Waals surface area contributed by atoms with E-state index < -0.39 is 6.10 Å². The van der Waals surface area contributed by atoms with Crippen molar-refractivity contribution in [2.75, 3.05) is 19.8 Å². The number of hydrogen-bond acceptors (Lipinski definition) is 4. The average molecular weight is 318 g/mol. The lowest BCUT2D eigenvalue weighted by molar-refractivity contribution is 0.0320. The number of hydrogen-bond donors (Lipinski definition) is 2. The second kappa shape index (κ2) is 6.97. The van der Waals surface area contributed by atoms with Crippen molar-refractivity contribution in [1.82, 2.24) is 19.7 Å². The largest absolute Gasteiger partial charge is 0.389 e. The van der Waals surface area contributed by atoms with E-state index >= 15 is 0 Å². The van der Waals surface area contributed by atoms with Gasteiger partial charge in [0.2, 0.25) is 0 Å². The van der Waals surface area contributed by atoms with Crippen LogP contribution in [0.15, 0.2) is 30.7 Å². The summed E-state index contributed by atoms with van der Waals surface area (Å²) >= 11 is 0. The Morgan fingerprint density at radius 1 is 1.48 bits per heavy atom. The number of aliphatic hydroxyl groups excluding tert-OH is 1. The molecule has 7 heteroatoms. The van der Waals surface area contributed by atoms with E-state index in [2.05, 4.69) is 10.4 Å². The number of ether oxygens (including phenoxy) is 1. The van der Waals surface area contributed by atoms with Crippen LogP contribution >= 0.6 is 0 Å². The minimum atomic E-state index is -0.704. The van der Waals surface area contributed by atoms with Gasteiger partial charge in [-0.15, -0.1) is 0 Å². The van der Waals surface area contributed by atoms with Gasteiger partial charge in [-0.2, -0.15) is 5.10 Å². The molecule has 23 heavy (non-hydrogen) atoms. The second-order valence-electron chi connectivity index (χ2n) is 5.94. The van der Waals surface area contributed by atoms with Crippen LogP contribution in [0.1, 0.15) is 23.2 Å². The first kappa shape index (κ1) is 15.8. The predicted octanol–water partition coefficient (Wildman–Crippen LogP) is 0.728. The molecule has 1 saturated carbocycles. The molecule has 0 saturated heterocycles. The molecule has 1 amide bonds.